The van der Waals surface area contributed by atoms with Crippen molar-refractivity contribution in [2.24, 2.45) is 5.73 Å². The average Bonchev–Trinajstić information content (AvgIpc) is 2.77. The highest BCUT2D eigenvalue weighted by atomic mass is 35.5. The van der Waals surface area contributed by atoms with E-state index in [1.165, 1.54) is 0 Å². The Labute approximate surface area is 106 Å². The summed E-state index contributed by atoms with van der Waals surface area (Å²) in [6, 6.07) is 1.92. The van der Waals surface area contributed by atoms with Crippen molar-refractivity contribution in [2.75, 3.05) is 20.4 Å². The van der Waals surface area contributed by atoms with Crippen LogP contribution in [0.25, 0.3) is 0 Å². The van der Waals surface area contributed by atoms with Crippen LogP contribution < -0.4 is 19.9 Å². The number of fused-ring (bicyclic) bond motifs is 1. The lowest BCUT2D eigenvalue weighted by Crippen LogP contribution is -2.06. The summed E-state index contributed by atoms with van der Waals surface area (Å²) in [6.07, 6.45) is 0.867. The number of methoxy groups -OCH3 is 1. The third kappa shape index (κ3) is 2.15. The van der Waals surface area contributed by atoms with Crippen LogP contribution in [0.2, 0.25) is 5.02 Å². The van der Waals surface area contributed by atoms with Gasteiger partial charge in [0.05, 0.1) is 7.11 Å². The van der Waals surface area contributed by atoms with Crippen molar-refractivity contribution in [1.29, 1.82) is 0 Å². The Kier molecular flexibility index (Phi) is 3.64. The highest BCUT2D eigenvalue weighted by Gasteiger charge is 2.25. The van der Waals surface area contributed by atoms with Gasteiger partial charge in [-0.25, -0.2) is 0 Å². The monoisotopic (exact) mass is 257 g/mol. The Morgan fingerprint density at radius 2 is 2.29 bits per heavy atom. The van der Waals surface area contributed by atoms with Gasteiger partial charge in [-0.1, -0.05) is 18.5 Å². The van der Waals surface area contributed by atoms with Crippen molar-refractivity contribution in [1.82, 2.24) is 0 Å². The number of benzene rings is 1. The second-order valence-electron chi connectivity index (χ2n) is 4.03. The third-order valence-corrected chi connectivity index (χ3v) is 3.27. The summed E-state index contributed by atoms with van der Waals surface area (Å²) >= 11 is 6.24. The fourth-order valence-corrected chi connectivity index (χ4v) is 2.32. The van der Waals surface area contributed by atoms with Crippen LogP contribution in [0.5, 0.6) is 17.2 Å². The maximum Gasteiger partial charge on any atom is 0.231 e. The smallest absolute Gasteiger partial charge is 0.231 e. The first-order valence-corrected chi connectivity index (χ1v) is 5.92. The van der Waals surface area contributed by atoms with Gasteiger partial charge in [-0.15, -0.1) is 0 Å². The SMILES string of the molecule is COc1c(C(C)CCN)cc2c(c1Cl)OCO2. The molecule has 0 radical (unpaired) electrons. The van der Waals surface area contributed by atoms with Crippen molar-refractivity contribution < 1.29 is 14.2 Å². The van der Waals surface area contributed by atoms with Crippen LogP contribution in [0, 0.1) is 0 Å². The molecule has 0 spiro atoms. The maximum atomic E-state index is 6.24. The minimum Gasteiger partial charge on any atom is -0.495 e. The first-order valence-electron chi connectivity index (χ1n) is 5.55. The molecule has 1 unspecified atom stereocenters. The van der Waals surface area contributed by atoms with Crippen LogP contribution in [-0.4, -0.2) is 20.4 Å². The van der Waals surface area contributed by atoms with Crippen LogP contribution in [0.15, 0.2) is 6.07 Å². The van der Waals surface area contributed by atoms with Crippen LogP contribution in [0.4, 0.5) is 0 Å². The van der Waals surface area contributed by atoms with Crippen molar-refractivity contribution in [3.63, 3.8) is 0 Å². The molecular formula is C12H16ClNO3. The molecule has 1 aromatic carbocycles. The first-order chi connectivity index (χ1) is 8.19. The molecule has 94 valence electrons. The Morgan fingerprint density at radius 1 is 1.53 bits per heavy atom. The summed E-state index contributed by atoms with van der Waals surface area (Å²) in [7, 11) is 1.60. The molecule has 4 nitrogen and oxygen atoms in total. The lowest BCUT2D eigenvalue weighted by molar-refractivity contribution is 0.174. The average molecular weight is 258 g/mol. The second kappa shape index (κ2) is 5.02. The van der Waals surface area contributed by atoms with Crippen molar-refractivity contribution >= 4 is 11.6 Å². The second-order valence-corrected chi connectivity index (χ2v) is 4.40. The Morgan fingerprint density at radius 3 is 2.94 bits per heavy atom. The van der Waals surface area contributed by atoms with E-state index in [0.717, 1.165) is 12.0 Å². The molecule has 17 heavy (non-hydrogen) atoms. The standard InChI is InChI=1S/C12H16ClNO3/c1-7(3-4-14)8-5-9-12(17-6-16-9)10(13)11(8)15-2/h5,7H,3-4,6,14H2,1-2H3. The van der Waals surface area contributed by atoms with Gasteiger partial charge < -0.3 is 19.9 Å². The summed E-state index contributed by atoms with van der Waals surface area (Å²) in [5.41, 5.74) is 6.59. The molecule has 0 fully saturated rings. The van der Waals surface area contributed by atoms with Gasteiger partial charge in [0.1, 0.15) is 10.8 Å². The number of halogens is 1. The molecule has 1 heterocycles. The molecule has 0 aromatic heterocycles. The molecule has 0 bridgehead atoms. The van der Waals surface area contributed by atoms with Gasteiger partial charge in [-0.05, 0) is 24.9 Å². The van der Waals surface area contributed by atoms with Gasteiger partial charge in [0.25, 0.3) is 0 Å². The normalized spacial score (nSPS) is 14.8. The fourth-order valence-electron chi connectivity index (χ4n) is 1.98. The highest BCUT2D eigenvalue weighted by Crippen LogP contribution is 2.48. The largest absolute Gasteiger partial charge is 0.495 e. The maximum absolute atomic E-state index is 6.24. The Bertz CT molecular complexity index is 423. The minimum absolute atomic E-state index is 0.201. The number of rotatable bonds is 4. The summed E-state index contributed by atoms with van der Waals surface area (Å²) in [5, 5.41) is 0.473. The molecule has 0 amide bonds. The van der Waals surface area contributed by atoms with Crippen molar-refractivity contribution in [3.8, 4) is 17.2 Å². The molecule has 1 aliphatic heterocycles. The van der Waals surface area contributed by atoms with E-state index in [1.807, 2.05) is 6.07 Å². The van der Waals surface area contributed by atoms with Crippen molar-refractivity contribution in [2.45, 2.75) is 19.3 Å². The van der Waals surface area contributed by atoms with E-state index >= 15 is 0 Å². The van der Waals surface area contributed by atoms with Gasteiger partial charge >= 0.3 is 0 Å². The first kappa shape index (κ1) is 12.3. The topological polar surface area (TPSA) is 53.7 Å². The lowest BCUT2D eigenvalue weighted by Gasteiger charge is -2.17. The highest BCUT2D eigenvalue weighted by molar-refractivity contribution is 6.34. The zero-order chi connectivity index (χ0) is 12.4. The molecule has 1 aliphatic rings. The molecule has 0 saturated heterocycles. The van der Waals surface area contributed by atoms with E-state index in [1.54, 1.807) is 7.11 Å². The van der Waals surface area contributed by atoms with E-state index in [-0.39, 0.29) is 12.7 Å². The number of hydrogen-bond acceptors (Lipinski definition) is 4. The summed E-state index contributed by atoms with van der Waals surface area (Å²) in [6.45, 7) is 2.91. The van der Waals surface area contributed by atoms with Gasteiger partial charge in [0, 0.05) is 5.56 Å². The molecule has 1 aromatic rings. The lowest BCUT2D eigenvalue weighted by atomic mass is 9.96. The van der Waals surface area contributed by atoms with Crippen LogP contribution >= 0.6 is 11.6 Å². The molecule has 5 heteroatoms. The minimum atomic E-state index is 0.201. The van der Waals surface area contributed by atoms with E-state index in [0.29, 0.717) is 28.8 Å². The van der Waals surface area contributed by atoms with E-state index < -0.39 is 0 Å². The quantitative estimate of drug-likeness (QED) is 0.901. The van der Waals surface area contributed by atoms with Crippen LogP contribution in [-0.2, 0) is 0 Å². The molecule has 2 rings (SSSR count). The summed E-state index contributed by atoms with van der Waals surface area (Å²) in [4.78, 5) is 0. The number of nitrogens with two attached hydrogens (primary N) is 1. The zero-order valence-electron chi connectivity index (χ0n) is 9.96. The van der Waals surface area contributed by atoms with Gasteiger partial charge in [0.2, 0.25) is 6.79 Å². The molecule has 1 atom stereocenters. The number of hydrogen-bond donors (Lipinski definition) is 1. The van der Waals surface area contributed by atoms with Crippen LogP contribution in [0.1, 0.15) is 24.8 Å². The summed E-state index contributed by atoms with van der Waals surface area (Å²) < 4.78 is 16.0. The molecule has 0 saturated carbocycles. The van der Waals surface area contributed by atoms with Gasteiger partial charge in [-0.2, -0.15) is 0 Å². The predicted octanol–water partition coefficient (Wildman–Crippen LogP) is 2.53. The molecule has 2 N–H and O–H groups in total. The molecular weight excluding hydrogens is 242 g/mol. The molecule has 0 aliphatic carbocycles. The summed E-state index contributed by atoms with van der Waals surface area (Å²) in [5.74, 6) is 2.15. The van der Waals surface area contributed by atoms with E-state index in [9.17, 15) is 0 Å². The zero-order valence-corrected chi connectivity index (χ0v) is 10.7. The van der Waals surface area contributed by atoms with Gasteiger partial charge in [-0.3, -0.25) is 0 Å². The fraction of sp³-hybridized carbons (Fsp3) is 0.500. The predicted molar refractivity (Wildman–Crippen MR) is 66.2 cm³/mol. The number of ether oxygens (including phenoxy) is 3. The Balaban J connectivity index is 2.47. The van der Waals surface area contributed by atoms with Crippen molar-refractivity contribution in [3.05, 3.63) is 16.7 Å². The third-order valence-electron chi connectivity index (χ3n) is 2.92. The van der Waals surface area contributed by atoms with Crippen LogP contribution in [0.3, 0.4) is 0 Å². The van der Waals surface area contributed by atoms with E-state index in [4.69, 9.17) is 31.5 Å². The Hall–Kier alpha value is -1.13. The van der Waals surface area contributed by atoms with E-state index in [2.05, 4.69) is 6.92 Å². The van der Waals surface area contributed by atoms with Gasteiger partial charge in [0.15, 0.2) is 11.5 Å².